The smallest absolute Gasteiger partial charge is 0.177 e. The Balaban J connectivity index is 2.38. The van der Waals surface area contributed by atoms with Crippen LogP contribution in [0.5, 0.6) is 0 Å². The van der Waals surface area contributed by atoms with Crippen molar-refractivity contribution in [3.63, 3.8) is 0 Å². The van der Waals surface area contributed by atoms with Gasteiger partial charge in [0, 0.05) is 6.20 Å². The minimum atomic E-state index is -1.32. The highest BCUT2D eigenvalue weighted by Crippen LogP contribution is 2.34. The van der Waals surface area contributed by atoms with Gasteiger partial charge in [-0.1, -0.05) is 30.0 Å². The third-order valence-electron chi connectivity index (χ3n) is 2.16. The summed E-state index contributed by atoms with van der Waals surface area (Å²) in [4.78, 5) is 5.60. The van der Waals surface area contributed by atoms with Gasteiger partial charge in [0.15, 0.2) is 5.72 Å². The van der Waals surface area contributed by atoms with E-state index in [1.54, 1.807) is 18.3 Å². The molecule has 1 fully saturated rings. The summed E-state index contributed by atoms with van der Waals surface area (Å²) in [7, 11) is 0. The van der Waals surface area contributed by atoms with Crippen molar-refractivity contribution in [3.8, 4) is 0 Å². The molecule has 1 saturated heterocycles. The van der Waals surface area contributed by atoms with Crippen molar-refractivity contribution in [1.29, 1.82) is 0 Å². The normalized spacial score (nSPS) is 26.0. The van der Waals surface area contributed by atoms with Crippen LogP contribution in [0.2, 0.25) is 0 Å². The number of aliphatic hydroxyl groups excluding tert-OH is 1. The van der Waals surface area contributed by atoms with E-state index in [0.717, 1.165) is 0 Å². The summed E-state index contributed by atoms with van der Waals surface area (Å²) in [6.07, 6.45) is 1.62. The molecule has 80 valence electrons. The van der Waals surface area contributed by atoms with E-state index in [9.17, 15) is 10.2 Å². The molecule has 2 rings (SSSR count). The molecule has 0 radical (unpaired) electrons. The molecule has 0 aliphatic carbocycles. The maximum Gasteiger partial charge on any atom is 0.177 e. The molecule has 15 heavy (non-hydrogen) atoms. The van der Waals surface area contributed by atoms with Crippen LogP contribution in [0.15, 0.2) is 24.4 Å². The lowest BCUT2D eigenvalue weighted by Crippen LogP contribution is -2.50. The Morgan fingerprint density at radius 2 is 2.40 bits per heavy atom. The average molecular weight is 242 g/mol. The molecule has 1 aliphatic rings. The van der Waals surface area contributed by atoms with Crippen molar-refractivity contribution in [3.05, 3.63) is 24.4 Å². The summed E-state index contributed by atoms with van der Waals surface area (Å²) in [6, 6.07) is 5.35. The summed E-state index contributed by atoms with van der Waals surface area (Å²) in [5, 5.41) is 19.3. The van der Waals surface area contributed by atoms with Crippen molar-refractivity contribution in [1.82, 2.24) is 4.98 Å². The molecule has 0 aromatic carbocycles. The van der Waals surface area contributed by atoms with Gasteiger partial charge in [0.05, 0.1) is 12.4 Å². The van der Waals surface area contributed by atoms with Gasteiger partial charge in [-0.2, -0.15) is 0 Å². The van der Waals surface area contributed by atoms with Gasteiger partial charge in [-0.15, -0.1) is 0 Å². The van der Waals surface area contributed by atoms with Gasteiger partial charge in [0.1, 0.15) is 10.1 Å². The van der Waals surface area contributed by atoms with Crippen molar-refractivity contribution < 1.29 is 10.2 Å². The Labute approximate surface area is 96.9 Å². The van der Waals surface area contributed by atoms with Gasteiger partial charge in [-0.3, -0.25) is 4.90 Å². The van der Waals surface area contributed by atoms with E-state index in [1.165, 1.54) is 16.7 Å². The SMILES string of the molecule is OCC1(O)CSC(=S)N1c1ccccn1. The predicted octanol–water partition coefficient (Wildman–Crippen LogP) is 0.601. The van der Waals surface area contributed by atoms with Gasteiger partial charge >= 0.3 is 0 Å². The van der Waals surface area contributed by atoms with E-state index in [-0.39, 0.29) is 6.61 Å². The number of thiocarbonyl (C=S) groups is 1. The van der Waals surface area contributed by atoms with Crippen LogP contribution in [-0.4, -0.2) is 37.6 Å². The highest BCUT2D eigenvalue weighted by molar-refractivity contribution is 8.23. The van der Waals surface area contributed by atoms with Crippen molar-refractivity contribution in [2.75, 3.05) is 17.3 Å². The van der Waals surface area contributed by atoms with Crippen LogP contribution in [0.1, 0.15) is 0 Å². The number of hydrogen-bond acceptors (Lipinski definition) is 5. The van der Waals surface area contributed by atoms with Crippen LogP contribution in [0.3, 0.4) is 0 Å². The first-order chi connectivity index (χ1) is 7.17. The number of pyridine rings is 1. The molecule has 0 bridgehead atoms. The van der Waals surface area contributed by atoms with Gasteiger partial charge in [-0.25, -0.2) is 4.98 Å². The number of rotatable bonds is 2. The molecule has 4 nitrogen and oxygen atoms in total. The quantitative estimate of drug-likeness (QED) is 0.741. The first kappa shape index (κ1) is 10.8. The Bertz CT molecular complexity index is 374. The van der Waals surface area contributed by atoms with E-state index in [4.69, 9.17) is 12.2 Å². The predicted molar refractivity (Wildman–Crippen MR) is 63.8 cm³/mol. The van der Waals surface area contributed by atoms with E-state index in [0.29, 0.717) is 15.9 Å². The standard InChI is InChI=1S/C9H10N2O2S2/c12-5-9(13)6-15-8(14)11(9)7-3-1-2-4-10-7/h1-4,12-13H,5-6H2. The fourth-order valence-electron chi connectivity index (χ4n) is 1.39. The van der Waals surface area contributed by atoms with Crippen LogP contribution < -0.4 is 4.90 Å². The topological polar surface area (TPSA) is 56.6 Å². The van der Waals surface area contributed by atoms with E-state index >= 15 is 0 Å². The minimum absolute atomic E-state index is 0.360. The zero-order chi connectivity index (χ0) is 10.9. The average Bonchev–Trinajstić information content (AvgIpc) is 2.57. The van der Waals surface area contributed by atoms with Crippen molar-refractivity contribution in [2.24, 2.45) is 0 Å². The summed E-state index contributed by atoms with van der Waals surface area (Å²) in [5.74, 6) is 0.919. The first-order valence-electron chi connectivity index (χ1n) is 4.39. The van der Waals surface area contributed by atoms with Crippen LogP contribution >= 0.6 is 24.0 Å². The van der Waals surface area contributed by atoms with Gasteiger partial charge in [0.2, 0.25) is 0 Å². The number of thioether (sulfide) groups is 1. The van der Waals surface area contributed by atoms with Crippen molar-refractivity contribution in [2.45, 2.75) is 5.72 Å². The van der Waals surface area contributed by atoms with E-state index < -0.39 is 5.72 Å². The van der Waals surface area contributed by atoms with Gasteiger partial charge in [-0.05, 0) is 12.1 Å². The molecular formula is C9H10N2O2S2. The van der Waals surface area contributed by atoms with E-state index in [2.05, 4.69) is 4.98 Å². The Morgan fingerprint density at radius 3 is 3.00 bits per heavy atom. The minimum Gasteiger partial charge on any atom is -0.391 e. The lowest BCUT2D eigenvalue weighted by molar-refractivity contribution is 0.0172. The maximum atomic E-state index is 10.1. The van der Waals surface area contributed by atoms with E-state index in [1.807, 2.05) is 6.07 Å². The third kappa shape index (κ3) is 1.85. The largest absolute Gasteiger partial charge is 0.391 e. The summed E-state index contributed by atoms with van der Waals surface area (Å²) in [6.45, 7) is -0.364. The van der Waals surface area contributed by atoms with Crippen LogP contribution in [0.25, 0.3) is 0 Å². The number of aliphatic hydroxyl groups is 2. The number of aromatic nitrogens is 1. The highest BCUT2D eigenvalue weighted by Gasteiger charge is 2.43. The molecule has 0 spiro atoms. The molecule has 6 heteroatoms. The second kappa shape index (κ2) is 4.05. The highest BCUT2D eigenvalue weighted by atomic mass is 32.2. The molecule has 0 saturated carbocycles. The Kier molecular flexibility index (Phi) is 2.92. The molecule has 2 N–H and O–H groups in total. The Morgan fingerprint density at radius 1 is 1.60 bits per heavy atom. The van der Waals surface area contributed by atoms with Crippen molar-refractivity contribution >= 4 is 34.1 Å². The monoisotopic (exact) mass is 242 g/mol. The first-order valence-corrected chi connectivity index (χ1v) is 5.78. The summed E-state index contributed by atoms with van der Waals surface area (Å²) >= 11 is 6.45. The second-order valence-corrected chi connectivity index (χ2v) is 4.83. The van der Waals surface area contributed by atoms with Gasteiger partial charge in [0.25, 0.3) is 0 Å². The van der Waals surface area contributed by atoms with Crippen LogP contribution in [0, 0.1) is 0 Å². The second-order valence-electron chi connectivity index (χ2n) is 3.22. The van der Waals surface area contributed by atoms with Crippen LogP contribution in [0.4, 0.5) is 5.82 Å². The number of nitrogens with zero attached hydrogens (tertiary/aromatic N) is 2. The number of hydrogen-bond donors (Lipinski definition) is 2. The molecule has 1 aromatic rings. The third-order valence-corrected chi connectivity index (χ3v) is 3.73. The fraction of sp³-hybridized carbons (Fsp3) is 0.333. The molecule has 2 heterocycles. The fourth-order valence-corrected chi connectivity index (χ4v) is 2.79. The number of anilines is 1. The van der Waals surface area contributed by atoms with Crippen LogP contribution in [-0.2, 0) is 0 Å². The zero-order valence-electron chi connectivity index (χ0n) is 7.83. The molecule has 1 atom stereocenters. The summed E-state index contributed by atoms with van der Waals surface area (Å²) in [5.41, 5.74) is -1.32. The molecule has 1 aliphatic heterocycles. The lowest BCUT2D eigenvalue weighted by atomic mass is 10.2. The van der Waals surface area contributed by atoms with Gasteiger partial charge < -0.3 is 10.2 Å². The Hall–Kier alpha value is -0.690. The molecule has 1 aromatic heterocycles. The maximum absolute atomic E-state index is 10.1. The lowest BCUT2D eigenvalue weighted by Gasteiger charge is -2.31. The molecule has 1 unspecified atom stereocenters. The molecular weight excluding hydrogens is 232 g/mol. The zero-order valence-corrected chi connectivity index (χ0v) is 9.46. The molecule has 0 amide bonds. The summed E-state index contributed by atoms with van der Waals surface area (Å²) < 4.78 is 0.533.